The van der Waals surface area contributed by atoms with Gasteiger partial charge in [-0.25, -0.2) is 4.79 Å². The Hall–Kier alpha value is -1.79. The van der Waals surface area contributed by atoms with Gasteiger partial charge in [0, 0.05) is 25.0 Å². The lowest BCUT2D eigenvalue weighted by atomic mass is 10.1. The molecule has 0 spiro atoms. The molecule has 0 fully saturated rings. The fraction of sp³-hybridized carbons (Fsp3) is 0.786. The van der Waals surface area contributed by atoms with Crippen LogP contribution in [0.5, 0.6) is 0 Å². The number of aliphatic carboxylic acids is 1. The largest absolute Gasteiger partial charge is 0.480 e. The fourth-order valence-electron chi connectivity index (χ4n) is 1.53. The van der Waals surface area contributed by atoms with Gasteiger partial charge in [-0.1, -0.05) is 13.8 Å². The third kappa shape index (κ3) is 8.88. The van der Waals surface area contributed by atoms with Crippen LogP contribution in [0.15, 0.2) is 0 Å². The predicted octanol–water partition coefficient (Wildman–Crippen LogP) is 1.04. The van der Waals surface area contributed by atoms with E-state index >= 15 is 0 Å². The molecule has 0 bridgehead atoms. The highest BCUT2D eigenvalue weighted by Gasteiger charge is 2.28. The quantitative estimate of drug-likeness (QED) is 0.654. The summed E-state index contributed by atoms with van der Waals surface area (Å²) in [7, 11) is 0. The first-order chi connectivity index (χ1) is 9.54. The molecule has 21 heavy (non-hydrogen) atoms. The molecule has 0 unspecified atom stereocenters. The van der Waals surface area contributed by atoms with Crippen LogP contribution in [0.2, 0.25) is 0 Å². The molecule has 0 saturated heterocycles. The van der Waals surface area contributed by atoms with Gasteiger partial charge < -0.3 is 20.6 Å². The summed E-state index contributed by atoms with van der Waals surface area (Å²) in [4.78, 5) is 35.5. The third-order valence-electron chi connectivity index (χ3n) is 2.68. The van der Waals surface area contributed by atoms with Gasteiger partial charge in [0.1, 0.15) is 6.54 Å². The van der Waals surface area contributed by atoms with Crippen molar-refractivity contribution in [3.8, 4) is 0 Å². The smallest absolute Gasteiger partial charge is 0.323 e. The number of carbonyl (C=O) groups excluding carboxylic acids is 2. The highest BCUT2D eigenvalue weighted by Crippen LogP contribution is 2.12. The van der Waals surface area contributed by atoms with Crippen LogP contribution < -0.4 is 10.6 Å². The van der Waals surface area contributed by atoms with Crippen LogP contribution in [0.25, 0.3) is 0 Å². The number of carboxylic acid groups (broad SMARTS) is 1. The molecule has 7 nitrogen and oxygen atoms in total. The number of carboxylic acids is 1. The zero-order chi connectivity index (χ0) is 16.6. The standard InChI is InChI=1S/C14H27N3O4/c1-10(2)8-16-11(18)6-7-15-13(21)17(9-12(19)20)14(3,4)5/h10H,6-9H2,1-5H3,(H,15,21)(H,16,18)(H,19,20). The van der Waals surface area contributed by atoms with E-state index in [1.165, 1.54) is 4.90 Å². The zero-order valence-corrected chi connectivity index (χ0v) is 13.5. The van der Waals surface area contributed by atoms with Crippen LogP contribution in [0.4, 0.5) is 4.79 Å². The van der Waals surface area contributed by atoms with Crippen molar-refractivity contribution in [1.29, 1.82) is 0 Å². The summed E-state index contributed by atoms with van der Waals surface area (Å²) in [6.07, 6.45) is 0.170. The number of urea groups is 1. The molecule has 0 rings (SSSR count). The van der Waals surface area contributed by atoms with Gasteiger partial charge in [-0.15, -0.1) is 0 Å². The lowest BCUT2D eigenvalue weighted by Gasteiger charge is -2.34. The maximum atomic E-state index is 12.0. The second-order valence-corrected chi connectivity index (χ2v) is 6.33. The van der Waals surface area contributed by atoms with E-state index in [9.17, 15) is 14.4 Å². The van der Waals surface area contributed by atoms with Gasteiger partial charge in [0.2, 0.25) is 5.91 Å². The highest BCUT2D eigenvalue weighted by molar-refractivity contribution is 5.81. The van der Waals surface area contributed by atoms with E-state index in [0.717, 1.165) is 0 Å². The number of carbonyl (C=O) groups is 3. The van der Waals surface area contributed by atoms with Gasteiger partial charge in [0.05, 0.1) is 0 Å². The Labute approximate surface area is 126 Å². The molecule has 0 aliphatic heterocycles. The minimum Gasteiger partial charge on any atom is -0.480 e. The lowest BCUT2D eigenvalue weighted by Crippen LogP contribution is -2.52. The Morgan fingerprint density at radius 3 is 2.14 bits per heavy atom. The molecule has 0 aromatic heterocycles. The van der Waals surface area contributed by atoms with Crippen molar-refractivity contribution in [1.82, 2.24) is 15.5 Å². The summed E-state index contributed by atoms with van der Waals surface area (Å²) in [5.41, 5.74) is -0.609. The van der Waals surface area contributed by atoms with Gasteiger partial charge >= 0.3 is 12.0 Å². The van der Waals surface area contributed by atoms with E-state index in [2.05, 4.69) is 10.6 Å². The Kier molecular flexibility index (Phi) is 7.76. The Balaban J connectivity index is 4.26. The van der Waals surface area contributed by atoms with E-state index in [4.69, 9.17) is 5.11 Å². The van der Waals surface area contributed by atoms with Gasteiger partial charge in [-0.05, 0) is 26.7 Å². The fourth-order valence-corrected chi connectivity index (χ4v) is 1.53. The average molecular weight is 301 g/mol. The monoisotopic (exact) mass is 301 g/mol. The number of nitrogens with one attached hydrogen (secondary N) is 2. The number of hydrogen-bond acceptors (Lipinski definition) is 3. The van der Waals surface area contributed by atoms with Gasteiger partial charge in [-0.3, -0.25) is 9.59 Å². The molecule has 122 valence electrons. The number of nitrogens with zero attached hydrogens (tertiary/aromatic N) is 1. The van der Waals surface area contributed by atoms with Gasteiger partial charge in [-0.2, -0.15) is 0 Å². The molecule has 0 radical (unpaired) electrons. The molecular weight excluding hydrogens is 274 g/mol. The van der Waals surface area contributed by atoms with Gasteiger partial charge in [0.25, 0.3) is 0 Å². The highest BCUT2D eigenvalue weighted by atomic mass is 16.4. The molecule has 0 aromatic carbocycles. The van der Waals surface area contributed by atoms with E-state index in [1.807, 2.05) is 13.8 Å². The number of amides is 3. The molecule has 0 heterocycles. The molecule has 0 saturated carbocycles. The van der Waals surface area contributed by atoms with Crippen LogP contribution in [0.3, 0.4) is 0 Å². The first-order valence-electron chi connectivity index (χ1n) is 7.08. The average Bonchev–Trinajstić information content (AvgIpc) is 2.31. The summed E-state index contributed by atoms with van der Waals surface area (Å²) in [6, 6.07) is -0.485. The Bertz CT molecular complexity index is 375. The van der Waals surface area contributed by atoms with E-state index in [1.54, 1.807) is 20.8 Å². The van der Waals surface area contributed by atoms with Crippen molar-refractivity contribution in [2.75, 3.05) is 19.6 Å². The maximum absolute atomic E-state index is 12.0. The summed E-state index contributed by atoms with van der Waals surface area (Å²) >= 11 is 0. The van der Waals surface area contributed by atoms with Crippen molar-refractivity contribution in [2.24, 2.45) is 5.92 Å². The van der Waals surface area contributed by atoms with Crippen LogP contribution in [0.1, 0.15) is 41.0 Å². The molecule has 0 aliphatic rings. The number of rotatable bonds is 7. The van der Waals surface area contributed by atoms with Crippen LogP contribution in [-0.4, -0.2) is 53.1 Å². The SMILES string of the molecule is CC(C)CNC(=O)CCNC(=O)N(CC(=O)O)C(C)(C)C. The summed E-state index contributed by atoms with van der Waals surface area (Å²) in [5, 5.41) is 14.2. The summed E-state index contributed by atoms with van der Waals surface area (Å²) < 4.78 is 0. The van der Waals surface area contributed by atoms with Gasteiger partial charge in [0.15, 0.2) is 0 Å². The molecule has 7 heteroatoms. The summed E-state index contributed by atoms with van der Waals surface area (Å²) in [6.45, 7) is 9.65. The van der Waals surface area contributed by atoms with E-state index in [0.29, 0.717) is 12.5 Å². The van der Waals surface area contributed by atoms with Crippen LogP contribution in [0, 0.1) is 5.92 Å². The van der Waals surface area contributed by atoms with Crippen molar-refractivity contribution in [3.63, 3.8) is 0 Å². The molecular formula is C14H27N3O4. The minimum atomic E-state index is -1.07. The van der Waals surface area contributed by atoms with Crippen LogP contribution in [-0.2, 0) is 9.59 Å². The number of hydrogen-bond donors (Lipinski definition) is 3. The molecule has 0 aliphatic carbocycles. The summed E-state index contributed by atoms with van der Waals surface area (Å²) in [5.74, 6) is -0.838. The minimum absolute atomic E-state index is 0.135. The van der Waals surface area contributed by atoms with E-state index < -0.39 is 17.5 Å². The third-order valence-corrected chi connectivity index (χ3v) is 2.68. The molecule has 3 N–H and O–H groups in total. The first-order valence-corrected chi connectivity index (χ1v) is 7.08. The second kappa shape index (κ2) is 8.49. The lowest BCUT2D eigenvalue weighted by molar-refractivity contribution is -0.138. The van der Waals surface area contributed by atoms with E-state index in [-0.39, 0.29) is 25.4 Å². The Morgan fingerprint density at radius 2 is 1.71 bits per heavy atom. The first kappa shape index (κ1) is 19.2. The molecule has 0 aromatic rings. The Morgan fingerprint density at radius 1 is 1.14 bits per heavy atom. The van der Waals surface area contributed by atoms with Crippen LogP contribution >= 0.6 is 0 Å². The predicted molar refractivity (Wildman–Crippen MR) is 80.0 cm³/mol. The van der Waals surface area contributed by atoms with Crippen molar-refractivity contribution in [2.45, 2.75) is 46.6 Å². The zero-order valence-electron chi connectivity index (χ0n) is 13.5. The molecule has 0 atom stereocenters. The van der Waals surface area contributed by atoms with Crippen molar-refractivity contribution >= 4 is 17.9 Å². The molecule has 3 amide bonds. The normalized spacial score (nSPS) is 11.1. The topological polar surface area (TPSA) is 98.7 Å². The van der Waals surface area contributed by atoms with Crippen molar-refractivity contribution < 1.29 is 19.5 Å². The maximum Gasteiger partial charge on any atom is 0.323 e. The second-order valence-electron chi connectivity index (χ2n) is 6.33. The van der Waals surface area contributed by atoms with Crippen molar-refractivity contribution in [3.05, 3.63) is 0 Å².